The minimum Gasteiger partial charge on any atom is -0.406 e. The van der Waals surface area contributed by atoms with Gasteiger partial charge in [-0.05, 0) is 12.2 Å². The van der Waals surface area contributed by atoms with E-state index in [4.69, 9.17) is 0 Å². The Hall–Kier alpha value is -0.710. The Kier molecular flexibility index (Phi) is 4.09. The molecule has 0 aliphatic carbocycles. The van der Waals surface area contributed by atoms with Crippen molar-refractivity contribution in [1.82, 2.24) is 0 Å². The van der Waals surface area contributed by atoms with Crippen molar-refractivity contribution in [3.63, 3.8) is 0 Å². The molecule has 0 N–H and O–H groups in total. The first-order valence-electron chi connectivity index (χ1n) is 2.79. The molecular weight excluding hydrogens is 237 g/mol. The van der Waals surface area contributed by atoms with Crippen LogP contribution in [0.25, 0.3) is 0 Å². The average Bonchev–Trinajstić information content (AvgIpc) is 1.82. The van der Waals surface area contributed by atoms with Crippen LogP contribution in [0.4, 0.5) is 13.2 Å². The van der Waals surface area contributed by atoms with Crippen molar-refractivity contribution >= 4 is 15.9 Å². The Morgan fingerprint density at radius 1 is 1.42 bits per heavy atom. The molecule has 0 heterocycles. The highest BCUT2D eigenvalue weighted by Gasteiger charge is 2.31. The van der Waals surface area contributed by atoms with Gasteiger partial charge in [0.15, 0.2) is 0 Å². The summed E-state index contributed by atoms with van der Waals surface area (Å²) in [5.74, 6) is -0.399. The highest BCUT2D eigenvalue weighted by atomic mass is 79.9. The molecule has 68 valence electrons. The van der Waals surface area contributed by atoms with Gasteiger partial charge in [-0.3, -0.25) is 0 Å². The Bertz CT molecular complexity index is 217. The summed E-state index contributed by atoms with van der Waals surface area (Å²) in [5.41, 5.74) is 0. The zero-order valence-electron chi connectivity index (χ0n) is 5.99. The van der Waals surface area contributed by atoms with Gasteiger partial charge in [0.1, 0.15) is 5.76 Å². The third kappa shape index (κ3) is 6.03. The lowest BCUT2D eigenvalue weighted by molar-refractivity contribution is -0.303. The highest BCUT2D eigenvalue weighted by Crippen LogP contribution is 2.22. The van der Waals surface area contributed by atoms with Crippen LogP contribution in [0.2, 0.25) is 0 Å². The van der Waals surface area contributed by atoms with Crippen molar-refractivity contribution < 1.29 is 17.9 Å². The summed E-state index contributed by atoms with van der Waals surface area (Å²) in [5, 5.41) is 0. The lowest BCUT2D eigenvalue weighted by atomic mass is 10.4. The Balaban J connectivity index is 4.39. The molecule has 0 aromatic carbocycles. The van der Waals surface area contributed by atoms with E-state index in [1.54, 1.807) is 0 Å². The maximum absolute atomic E-state index is 11.6. The summed E-state index contributed by atoms with van der Waals surface area (Å²) in [4.78, 5) is 0. The first-order valence-corrected chi connectivity index (χ1v) is 3.59. The molecule has 0 fully saturated rings. The molecule has 0 aromatic rings. The van der Waals surface area contributed by atoms with E-state index < -0.39 is 12.1 Å². The van der Waals surface area contributed by atoms with Gasteiger partial charge >= 0.3 is 6.36 Å². The topological polar surface area (TPSA) is 9.23 Å². The zero-order valence-corrected chi connectivity index (χ0v) is 7.58. The summed E-state index contributed by atoms with van der Waals surface area (Å²) in [7, 11) is 0. The molecule has 0 aromatic heterocycles. The van der Waals surface area contributed by atoms with E-state index in [2.05, 4.69) is 33.8 Å². The van der Waals surface area contributed by atoms with Gasteiger partial charge in [-0.1, -0.05) is 29.1 Å². The fraction of sp³-hybridized carbons (Fsp3) is 0.143. The SMILES string of the molecule is C=C/C(=C\C(=C)Br)OC(F)(F)F. The summed E-state index contributed by atoms with van der Waals surface area (Å²) < 4.78 is 38.6. The molecule has 0 unspecified atom stereocenters. The molecule has 0 spiro atoms. The van der Waals surface area contributed by atoms with Crippen LogP contribution >= 0.6 is 15.9 Å². The maximum Gasteiger partial charge on any atom is 0.573 e. The van der Waals surface area contributed by atoms with E-state index in [0.717, 1.165) is 12.2 Å². The fourth-order valence-electron chi connectivity index (χ4n) is 0.418. The summed E-state index contributed by atoms with van der Waals surface area (Å²) >= 11 is 2.86. The average molecular weight is 243 g/mol. The van der Waals surface area contributed by atoms with Crippen LogP contribution in [0.15, 0.2) is 35.6 Å². The normalized spacial score (nSPS) is 12.5. The van der Waals surface area contributed by atoms with E-state index in [-0.39, 0.29) is 4.48 Å². The summed E-state index contributed by atoms with van der Waals surface area (Å²) in [6.45, 7) is 6.46. The largest absolute Gasteiger partial charge is 0.573 e. The van der Waals surface area contributed by atoms with E-state index in [9.17, 15) is 13.2 Å². The molecule has 0 atom stereocenters. The Labute approximate surface area is 76.3 Å². The van der Waals surface area contributed by atoms with E-state index in [1.165, 1.54) is 0 Å². The monoisotopic (exact) mass is 242 g/mol. The van der Waals surface area contributed by atoms with Crippen molar-refractivity contribution in [2.24, 2.45) is 0 Å². The minimum atomic E-state index is -4.69. The van der Waals surface area contributed by atoms with Gasteiger partial charge in [0, 0.05) is 4.48 Å². The number of allylic oxidation sites excluding steroid dienone is 3. The molecule has 0 radical (unpaired) electrons. The number of hydrogen-bond acceptors (Lipinski definition) is 1. The van der Waals surface area contributed by atoms with Crippen LogP contribution in [0.1, 0.15) is 0 Å². The zero-order chi connectivity index (χ0) is 9.78. The third-order valence-electron chi connectivity index (χ3n) is 0.734. The molecule has 0 saturated carbocycles. The molecule has 1 nitrogen and oxygen atoms in total. The van der Waals surface area contributed by atoms with Gasteiger partial charge in [-0.15, -0.1) is 13.2 Å². The number of hydrogen-bond donors (Lipinski definition) is 0. The van der Waals surface area contributed by atoms with Crippen LogP contribution in [-0.4, -0.2) is 6.36 Å². The summed E-state index contributed by atoms with van der Waals surface area (Å²) in [6.07, 6.45) is -2.68. The van der Waals surface area contributed by atoms with Gasteiger partial charge in [-0.25, -0.2) is 0 Å². The van der Waals surface area contributed by atoms with Crippen LogP contribution in [0, 0.1) is 0 Å². The predicted molar refractivity (Wildman–Crippen MR) is 43.5 cm³/mol. The third-order valence-corrected chi connectivity index (χ3v) is 0.963. The molecule has 5 heteroatoms. The molecule has 0 aliphatic heterocycles. The lowest BCUT2D eigenvalue weighted by Crippen LogP contribution is -2.11. The summed E-state index contributed by atoms with van der Waals surface area (Å²) in [6, 6.07) is 0. The number of alkyl halides is 3. The Morgan fingerprint density at radius 3 is 2.17 bits per heavy atom. The number of halogens is 4. The molecule has 0 rings (SSSR count). The van der Waals surface area contributed by atoms with Crippen molar-refractivity contribution in [2.45, 2.75) is 6.36 Å². The van der Waals surface area contributed by atoms with Gasteiger partial charge in [0.2, 0.25) is 0 Å². The molecule has 12 heavy (non-hydrogen) atoms. The van der Waals surface area contributed by atoms with Crippen molar-refractivity contribution in [1.29, 1.82) is 0 Å². The van der Waals surface area contributed by atoms with E-state index in [1.807, 2.05) is 0 Å². The van der Waals surface area contributed by atoms with Crippen LogP contribution < -0.4 is 0 Å². The van der Waals surface area contributed by atoms with Gasteiger partial charge in [-0.2, -0.15) is 0 Å². The molecule has 0 bridgehead atoms. The molecule has 0 amide bonds. The van der Waals surface area contributed by atoms with E-state index >= 15 is 0 Å². The molecule has 0 aliphatic rings. The first-order chi connectivity index (χ1) is 5.35. The second-order valence-corrected chi connectivity index (χ2v) is 2.76. The molecule has 0 saturated heterocycles. The van der Waals surface area contributed by atoms with Crippen molar-refractivity contribution in [3.8, 4) is 0 Å². The van der Waals surface area contributed by atoms with Crippen LogP contribution in [-0.2, 0) is 4.74 Å². The maximum atomic E-state index is 11.6. The minimum absolute atomic E-state index is 0.279. The van der Waals surface area contributed by atoms with Gasteiger partial charge in [0.05, 0.1) is 0 Å². The number of ether oxygens (including phenoxy) is 1. The predicted octanol–water partition coefficient (Wildman–Crippen LogP) is 3.50. The second-order valence-electron chi connectivity index (χ2n) is 1.75. The van der Waals surface area contributed by atoms with Crippen LogP contribution in [0.3, 0.4) is 0 Å². The lowest BCUT2D eigenvalue weighted by Gasteiger charge is -2.08. The quantitative estimate of drug-likeness (QED) is 0.544. The van der Waals surface area contributed by atoms with Crippen molar-refractivity contribution in [2.75, 3.05) is 0 Å². The van der Waals surface area contributed by atoms with Crippen LogP contribution in [0.5, 0.6) is 0 Å². The highest BCUT2D eigenvalue weighted by molar-refractivity contribution is 9.11. The molecular formula is C7H6BrF3O. The van der Waals surface area contributed by atoms with Gasteiger partial charge in [0.25, 0.3) is 0 Å². The smallest absolute Gasteiger partial charge is 0.406 e. The number of rotatable bonds is 3. The second kappa shape index (κ2) is 4.35. The van der Waals surface area contributed by atoms with Crippen molar-refractivity contribution in [3.05, 3.63) is 35.6 Å². The fourth-order valence-corrected chi connectivity index (χ4v) is 0.644. The van der Waals surface area contributed by atoms with Gasteiger partial charge < -0.3 is 4.74 Å². The standard InChI is InChI=1S/C7H6BrF3O/c1-3-6(4-5(2)8)12-7(9,10)11/h3-4H,1-2H2/b6-4+. The Morgan fingerprint density at radius 2 is 1.92 bits per heavy atom. The van der Waals surface area contributed by atoms with E-state index in [0.29, 0.717) is 0 Å². The first kappa shape index (κ1) is 11.3.